The summed E-state index contributed by atoms with van der Waals surface area (Å²) in [6.07, 6.45) is 0.0176. The van der Waals surface area contributed by atoms with Gasteiger partial charge in [-0.15, -0.1) is 0 Å². The summed E-state index contributed by atoms with van der Waals surface area (Å²) in [5.74, 6) is -1.54. The molecule has 0 bridgehead atoms. The summed E-state index contributed by atoms with van der Waals surface area (Å²) >= 11 is 0. The predicted molar refractivity (Wildman–Crippen MR) is 65.1 cm³/mol. The van der Waals surface area contributed by atoms with Crippen molar-refractivity contribution in [2.24, 2.45) is 22.7 Å². The smallest absolute Gasteiger partial charge is 0.310 e. The molecule has 94 valence electrons. The van der Waals surface area contributed by atoms with Gasteiger partial charge in [-0.05, 0) is 12.0 Å². The molecule has 1 aliphatic carbocycles. The molecule has 1 fully saturated rings. The number of hydrogen-bond donors (Lipinski definition) is 2. The van der Waals surface area contributed by atoms with E-state index in [1.165, 1.54) is 0 Å². The molecule has 1 aliphatic heterocycles. The number of rotatable bonds is 2. The average molecular weight is 246 g/mol. The highest BCUT2D eigenvalue weighted by atomic mass is 16.6. The van der Waals surface area contributed by atoms with Crippen molar-refractivity contribution in [2.75, 3.05) is 0 Å². The third-order valence-electron chi connectivity index (χ3n) is 3.71. The van der Waals surface area contributed by atoms with Gasteiger partial charge in [0.15, 0.2) is 6.10 Å². The van der Waals surface area contributed by atoms with Crippen LogP contribution in [0.5, 0.6) is 0 Å². The van der Waals surface area contributed by atoms with Gasteiger partial charge in [0.25, 0.3) is 0 Å². The lowest BCUT2D eigenvalue weighted by molar-refractivity contribution is -0.145. The second kappa shape index (κ2) is 4.10. The molecule has 2 aliphatic rings. The molecule has 5 heteroatoms. The Balaban J connectivity index is 1.91. The molecule has 0 aromatic heterocycles. The van der Waals surface area contributed by atoms with Gasteiger partial charge in [-0.3, -0.25) is 4.79 Å². The number of oxime groups is 1. The van der Waals surface area contributed by atoms with E-state index < -0.39 is 18.0 Å². The van der Waals surface area contributed by atoms with Crippen molar-refractivity contribution in [1.82, 2.24) is 0 Å². The second-order valence-corrected chi connectivity index (χ2v) is 4.78. The summed E-state index contributed by atoms with van der Waals surface area (Å²) < 4.78 is 0. The Bertz CT molecular complexity index is 500. The SMILES string of the molecule is N[C@H]1C[C@@H](C(=O)O)[C@@H]2ON=C(c3ccccc3)[C@@H]21. The third kappa shape index (κ3) is 1.59. The van der Waals surface area contributed by atoms with Crippen molar-refractivity contribution in [1.29, 1.82) is 0 Å². The molecule has 3 N–H and O–H groups in total. The van der Waals surface area contributed by atoms with Gasteiger partial charge in [-0.2, -0.15) is 0 Å². The van der Waals surface area contributed by atoms with Crippen LogP contribution in [0.2, 0.25) is 0 Å². The maximum Gasteiger partial charge on any atom is 0.310 e. The number of carboxylic acids is 1. The number of benzene rings is 1. The minimum absolute atomic E-state index is 0.117. The van der Waals surface area contributed by atoms with E-state index in [0.29, 0.717) is 6.42 Å². The minimum Gasteiger partial charge on any atom is -0.481 e. The monoisotopic (exact) mass is 246 g/mol. The Morgan fingerprint density at radius 3 is 2.78 bits per heavy atom. The van der Waals surface area contributed by atoms with Crippen molar-refractivity contribution < 1.29 is 14.7 Å². The van der Waals surface area contributed by atoms with Crippen molar-refractivity contribution in [3.8, 4) is 0 Å². The molecular weight excluding hydrogens is 232 g/mol. The Labute approximate surface area is 104 Å². The van der Waals surface area contributed by atoms with Gasteiger partial charge in [-0.25, -0.2) is 0 Å². The highest BCUT2D eigenvalue weighted by Gasteiger charge is 2.52. The van der Waals surface area contributed by atoms with Crippen molar-refractivity contribution >= 4 is 11.7 Å². The predicted octanol–water partition coefficient (Wildman–Crippen LogP) is 0.837. The van der Waals surface area contributed by atoms with E-state index in [1.54, 1.807) is 0 Å². The highest BCUT2D eigenvalue weighted by molar-refractivity contribution is 6.04. The first-order chi connectivity index (χ1) is 8.68. The van der Waals surface area contributed by atoms with E-state index in [0.717, 1.165) is 11.3 Å². The van der Waals surface area contributed by atoms with E-state index in [1.807, 2.05) is 30.3 Å². The first kappa shape index (κ1) is 11.2. The van der Waals surface area contributed by atoms with Crippen LogP contribution in [0.1, 0.15) is 12.0 Å². The highest BCUT2D eigenvalue weighted by Crippen LogP contribution is 2.39. The number of hydrogen-bond acceptors (Lipinski definition) is 4. The van der Waals surface area contributed by atoms with Crippen LogP contribution >= 0.6 is 0 Å². The molecule has 0 saturated heterocycles. The number of nitrogens with two attached hydrogens (primary N) is 1. The molecule has 0 spiro atoms. The summed E-state index contributed by atoms with van der Waals surface area (Å²) in [4.78, 5) is 16.5. The fraction of sp³-hybridized carbons (Fsp3) is 0.385. The molecule has 3 rings (SSSR count). The summed E-state index contributed by atoms with van der Waals surface area (Å²) in [7, 11) is 0. The Morgan fingerprint density at radius 2 is 2.11 bits per heavy atom. The second-order valence-electron chi connectivity index (χ2n) is 4.78. The Hall–Kier alpha value is -1.88. The Morgan fingerprint density at radius 1 is 1.39 bits per heavy atom. The summed E-state index contributed by atoms with van der Waals surface area (Å²) in [5.41, 5.74) is 7.78. The molecular formula is C13H14N2O3. The molecule has 18 heavy (non-hydrogen) atoms. The quantitative estimate of drug-likeness (QED) is 0.809. The van der Waals surface area contributed by atoms with Gasteiger partial charge < -0.3 is 15.7 Å². The summed E-state index contributed by atoms with van der Waals surface area (Å²) in [6, 6.07) is 9.42. The van der Waals surface area contributed by atoms with Crippen molar-refractivity contribution in [3.05, 3.63) is 35.9 Å². The van der Waals surface area contributed by atoms with Gasteiger partial charge in [-0.1, -0.05) is 35.5 Å². The van der Waals surface area contributed by atoms with Crippen LogP contribution < -0.4 is 5.73 Å². The van der Waals surface area contributed by atoms with Crippen LogP contribution in [0.4, 0.5) is 0 Å². The minimum atomic E-state index is -0.859. The maximum atomic E-state index is 11.1. The number of aliphatic carboxylic acids is 1. The number of fused-ring (bicyclic) bond motifs is 1. The zero-order valence-corrected chi connectivity index (χ0v) is 9.69. The van der Waals surface area contributed by atoms with Crippen molar-refractivity contribution in [2.45, 2.75) is 18.6 Å². The molecule has 0 amide bonds. The molecule has 1 saturated carbocycles. The van der Waals surface area contributed by atoms with Gasteiger partial charge >= 0.3 is 5.97 Å². The van der Waals surface area contributed by atoms with Crippen LogP contribution in [0.3, 0.4) is 0 Å². The lowest BCUT2D eigenvalue weighted by Crippen LogP contribution is -2.34. The van der Waals surface area contributed by atoms with Gasteiger partial charge in [0.2, 0.25) is 0 Å². The van der Waals surface area contributed by atoms with E-state index in [9.17, 15) is 4.79 Å². The van der Waals surface area contributed by atoms with Crippen LogP contribution in [0.25, 0.3) is 0 Å². The van der Waals surface area contributed by atoms with E-state index in [2.05, 4.69) is 5.16 Å². The molecule has 1 aromatic rings. The lowest BCUT2D eigenvalue weighted by Gasteiger charge is -2.14. The number of carboxylic acid groups (broad SMARTS) is 1. The van der Waals surface area contributed by atoms with E-state index >= 15 is 0 Å². The van der Waals surface area contributed by atoms with Crippen LogP contribution in [-0.4, -0.2) is 28.9 Å². The largest absolute Gasteiger partial charge is 0.481 e. The molecule has 5 nitrogen and oxygen atoms in total. The van der Waals surface area contributed by atoms with Crippen molar-refractivity contribution in [3.63, 3.8) is 0 Å². The molecule has 1 aromatic carbocycles. The molecule has 4 atom stereocenters. The normalized spacial score (nSPS) is 33.7. The number of carbonyl (C=O) groups is 1. The first-order valence-electron chi connectivity index (χ1n) is 5.96. The van der Waals surface area contributed by atoms with Gasteiger partial charge in [0.1, 0.15) is 0 Å². The average Bonchev–Trinajstić information content (AvgIpc) is 2.92. The first-order valence-corrected chi connectivity index (χ1v) is 5.96. The fourth-order valence-corrected chi connectivity index (χ4v) is 2.84. The van der Waals surface area contributed by atoms with Crippen LogP contribution in [0.15, 0.2) is 35.5 Å². The lowest BCUT2D eigenvalue weighted by atomic mass is 9.91. The van der Waals surface area contributed by atoms with Gasteiger partial charge in [0, 0.05) is 6.04 Å². The van der Waals surface area contributed by atoms with Gasteiger partial charge in [0.05, 0.1) is 17.5 Å². The molecule has 0 radical (unpaired) electrons. The zero-order valence-electron chi connectivity index (χ0n) is 9.69. The molecule has 1 heterocycles. The topological polar surface area (TPSA) is 84.9 Å². The molecule has 0 unspecified atom stereocenters. The standard InChI is InChI=1S/C13H14N2O3/c14-9-6-8(13(16)17)12-10(9)11(15-18-12)7-4-2-1-3-5-7/h1-5,8-10,12H,6,14H2,(H,16,17)/t8-,9+,10+,12+/m1/s1. The summed E-state index contributed by atoms with van der Waals surface area (Å²) in [6.45, 7) is 0. The summed E-state index contributed by atoms with van der Waals surface area (Å²) in [5, 5.41) is 13.2. The fourth-order valence-electron chi connectivity index (χ4n) is 2.84. The van der Waals surface area contributed by atoms with Crippen LogP contribution in [0, 0.1) is 11.8 Å². The van der Waals surface area contributed by atoms with Crippen LogP contribution in [-0.2, 0) is 9.63 Å². The third-order valence-corrected chi connectivity index (χ3v) is 3.71. The maximum absolute atomic E-state index is 11.1. The van der Waals surface area contributed by atoms with E-state index in [-0.39, 0.29) is 12.0 Å². The zero-order chi connectivity index (χ0) is 12.7. The number of nitrogens with zero attached hydrogens (tertiary/aromatic N) is 1. The van der Waals surface area contributed by atoms with E-state index in [4.69, 9.17) is 15.7 Å². The Kier molecular flexibility index (Phi) is 2.56.